The molecule has 0 spiro atoms. The molecule has 0 bridgehead atoms. The lowest BCUT2D eigenvalue weighted by atomic mass is 10.1. The highest BCUT2D eigenvalue weighted by molar-refractivity contribution is 5.94. The van der Waals surface area contributed by atoms with Gasteiger partial charge in [-0.25, -0.2) is 0 Å². The maximum absolute atomic E-state index is 11.7. The van der Waals surface area contributed by atoms with E-state index in [9.17, 15) is 9.59 Å². The van der Waals surface area contributed by atoms with Crippen LogP contribution >= 0.6 is 0 Å². The Hall–Kier alpha value is -2.14. The van der Waals surface area contributed by atoms with Gasteiger partial charge < -0.3 is 16.4 Å². The van der Waals surface area contributed by atoms with Crippen molar-refractivity contribution in [2.75, 3.05) is 12.4 Å². The fourth-order valence-corrected chi connectivity index (χ4v) is 1.50. The predicted octanol–water partition coefficient (Wildman–Crippen LogP) is 0.817. The van der Waals surface area contributed by atoms with E-state index in [2.05, 4.69) is 17.2 Å². The van der Waals surface area contributed by atoms with Crippen molar-refractivity contribution < 1.29 is 9.59 Å². The molecule has 5 heteroatoms. The molecule has 0 aliphatic heterocycles. The number of hydrogen-bond donors (Lipinski definition) is 3. The zero-order valence-electron chi connectivity index (χ0n) is 11.0. The Bertz CT molecular complexity index is 454. The second kappa shape index (κ2) is 7.33. The number of anilines is 1. The molecule has 1 aromatic carbocycles. The number of rotatable bonds is 6. The number of benzene rings is 1. The molecule has 102 valence electrons. The topological polar surface area (TPSA) is 84.2 Å². The SMILES string of the molecule is C=CCC(N)C(=O)Nc1ccc(CC(=O)NC)cc1. The van der Waals surface area contributed by atoms with Crippen molar-refractivity contribution in [3.63, 3.8) is 0 Å². The summed E-state index contributed by atoms with van der Waals surface area (Å²) in [6.45, 7) is 3.54. The maximum atomic E-state index is 11.7. The summed E-state index contributed by atoms with van der Waals surface area (Å²) in [6, 6.07) is 6.49. The van der Waals surface area contributed by atoms with Crippen LogP contribution in [0.3, 0.4) is 0 Å². The number of carbonyl (C=O) groups is 2. The molecule has 19 heavy (non-hydrogen) atoms. The van der Waals surface area contributed by atoms with Gasteiger partial charge >= 0.3 is 0 Å². The van der Waals surface area contributed by atoms with Gasteiger partial charge in [-0.2, -0.15) is 0 Å². The summed E-state index contributed by atoms with van der Waals surface area (Å²) < 4.78 is 0. The fraction of sp³-hybridized carbons (Fsp3) is 0.286. The van der Waals surface area contributed by atoms with E-state index in [1.54, 1.807) is 37.4 Å². The van der Waals surface area contributed by atoms with Crippen LogP contribution in [0.4, 0.5) is 5.69 Å². The van der Waals surface area contributed by atoms with Crippen molar-refractivity contribution in [1.82, 2.24) is 5.32 Å². The molecule has 0 fully saturated rings. The largest absolute Gasteiger partial charge is 0.359 e. The van der Waals surface area contributed by atoms with Crippen LogP contribution in [0.5, 0.6) is 0 Å². The molecule has 0 aliphatic rings. The minimum Gasteiger partial charge on any atom is -0.359 e. The first-order chi connectivity index (χ1) is 9.06. The van der Waals surface area contributed by atoms with Crippen LogP contribution in [0.15, 0.2) is 36.9 Å². The van der Waals surface area contributed by atoms with Gasteiger partial charge in [0.1, 0.15) is 0 Å². The van der Waals surface area contributed by atoms with E-state index in [0.717, 1.165) is 5.56 Å². The van der Waals surface area contributed by atoms with E-state index in [-0.39, 0.29) is 11.8 Å². The van der Waals surface area contributed by atoms with Crippen molar-refractivity contribution in [1.29, 1.82) is 0 Å². The molecule has 0 radical (unpaired) electrons. The monoisotopic (exact) mass is 261 g/mol. The summed E-state index contributed by atoms with van der Waals surface area (Å²) in [4.78, 5) is 22.9. The van der Waals surface area contributed by atoms with E-state index in [1.807, 2.05) is 0 Å². The van der Waals surface area contributed by atoms with Crippen LogP contribution in [0.1, 0.15) is 12.0 Å². The molecular formula is C14H19N3O2. The van der Waals surface area contributed by atoms with Crippen molar-refractivity contribution in [3.8, 4) is 0 Å². The highest BCUT2D eigenvalue weighted by Gasteiger charge is 2.11. The number of carbonyl (C=O) groups excluding carboxylic acids is 2. The van der Waals surface area contributed by atoms with Crippen LogP contribution in [0.25, 0.3) is 0 Å². The Kier molecular flexibility index (Phi) is 5.75. The Morgan fingerprint density at radius 3 is 2.53 bits per heavy atom. The molecule has 1 unspecified atom stereocenters. The molecule has 2 amide bonds. The highest BCUT2D eigenvalue weighted by atomic mass is 16.2. The minimum atomic E-state index is -0.594. The third kappa shape index (κ3) is 4.93. The molecule has 1 rings (SSSR count). The predicted molar refractivity (Wildman–Crippen MR) is 75.6 cm³/mol. The summed E-state index contributed by atoms with van der Waals surface area (Å²) in [5.41, 5.74) is 7.19. The highest BCUT2D eigenvalue weighted by Crippen LogP contribution is 2.10. The smallest absolute Gasteiger partial charge is 0.241 e. The standard InChI is InChI=1S/C14H19N3O2/c1-3-4-12(15)14(19)17-11-7-5-10(6-8-11)9-13(18)16-2/h3,5-8,12H,1,4,9,15H2,2H3,(H,16,18)(H,17,19). The van der Waals surface area contributed by atoms with Crippen molar-refractivity contribution >= 4 is 17.5 Å². The van der Waals surface area contributed by atoms with Gasteiger partial charge in [0.15, 0.2) is 0 Å². The number of hydrogen-bond acceptors (Lipinski definition) is 3. The Morgan fingerprint density at radius 2 is 2.00 bits per heavy atom. The molecule has 0 aliphatic carbocycles. The van der Waals surface area contributed by atoms with E-state index in [4.69, 9.17) is 5.73 Å². The summed E-state index contributed by atoms with van der Waals surface area (Å²) in [5, 5.41) is 5.26. The zero-order valence-corrected chi connectivity index (χ0v) is 11.0. The van der Waals surface area contributed by atoms with Gasteiger partial charge in [-0.05, 0) is 24.1 Å². The summed E-state index contributed by atoms with van der Waals surface area (Å²) >= 11 is 0. The first-order valence-corrected chi connectivity index (χ1v) is 6.03. The lowest BCUT2D eigenvalue weighted by molar-refractivity contribution is -0.120. The van der Waals surface area contributed by atoms with Crippen LogP contribution in [-0.2, 0) is 16.0 Å². The third-order valence-electron chi connectivity index (χ3n) is 2.62. The first kappa shape index (κ1) is 14.9. The molecule has 5 nitrogen and oxygen atoms in total. The number of amides is 2. The lowest BCUT2D eigenvalue weighted by Crippen LogP contribution is -2.35. The zero-order chi connectivity index (χ0) is 14.3. The van der Waals surface area contributed by atoms with Gasteiger partial charge in [0, 0.05) is 12.7 Å². The quantitative estimate of drug-likeness (QED) is 0.663. The van der Waals surface area contributed by atoms with Gasteiger partial charge in [0.05, 0.1) is 12.5 Å². The molecule has 0 aromatic heterocycles. The van der Waals surface area contributed by atoms with Crippen LogP contribution in [0, 0.1) is 0 Å². The van der Waals surface area contributed by atoms with Gasteiger partial charge in [0.2, 0.25) is 11.8 Å². The molecule has 1 aromatic rings. The molecular weight excluding hydrogens is 242 g/mol. The molecule has 0 heterocycles. The number of nitrogens with one attached hydrogen (secondary N) is 2. The summed E-state index contributed by atoms with van der Waals surface area (Å²) in [6.07, 6.45) is 2.36. The summed E-state index contributed by atoms with van der Waals surface area (Å²) in [5.74, 6) is -0.302. The van der Waals surface area contributed by atoms with Crippen molar-refractivity contribution in [2.45, 2.75) is 18.9 Å². The summed E-state index contributed by atoms with van der Waals surface area (Å²) in [7, 11) is 1.60. The first-order valence-electron chi connectivity index (χ1n) is 6.03. The average molecular weight is 261 g/mol. The van der Waals surface area contributed by atoms with E-state index >= 15 is 0 Å². The molecule has 0 saturated heterocycles. The molecule has 0 saturated carbocycles. The Labute approximate surface area is 112 Å². The van der Waals surface area contributed by atoms with Crippen molar-refractivity contribution in [2.24, 2.45) is 5.73 Å². The number of nitrogens with two attached hydrogens (primary N) is 1. The van der Waals surface area contributed by atoms with E-state index < -0.39 is 6.04 Å². The maximum Gasteiger partial charge on any atom is 0.241 e. The average Bonchev–Trinajstić information content (AvgIpc) is 2.41. The van der Waals surface area contributed by atoms with E-state index in [0.29, 0.717) is 18.5 Å². The van der Waals surface area contributed by atoms with Gasteiger partial charge in [-0.1, -0.05) is 18.2 Å². The molecule has 4 N–H and O–H groups in total. The number of likely N-dealkylation sites (N-methyl/N-ethyl adjacent to an activating group) is 1. The van der Waals surface area contributed by atoms with Crippen LogP contribution in [0.2, 0.25) is 0 Å². The van der Waals surface area contributed by atoms with E-state index in [1.165, 1.54) is 0 Å². The van der Waals surface area contributed by atoms with Gasteiger partial charge in [0.25, 0.3) is 0 Å². The normalized spacial score (nSPS) is 11.5. The second-order valence-corrected chi connectivity index (χ2v) is 4.17. The van der Waals surface area contributed by atoms with Crippen LogP contribution < -0.4 is 16.4 Å². The van der Waals surface area contributed by atoms with Crippen molar-refractivity contribution in [3.05, 3.63) is 42.5 Å². The Balaban J connectivity index is 2.59. The second-order valence-electron chi connectivity index (χ2n) is 4.17. The van der Waals surface area contributed by atoms with Crippen LogP contribution in [-0.4, -0.2) is 24.9 Å². The third-order valence-corrected chi connectivity index (χ3v) is 2.62. The van der Waals surface area contributed by atoms with Gasteiger partial charge in [-0.15, -0.1) is 6.58 Å². The fourth-order valence-electron chi connectivity index (χ4n) is 1.50. The van der Waals surface area contributed by atoms with Gasteiger partial charge in [-0.3, -0.25) is 9.59 Å². The Morgan fingerprint density at radius 1 is 1.37 bits per heavy atom. The lowest BCUT2D eigenvalue weighted by Gasteiger charge is -2.10. The minimum absolute atomic E-state index is 0.0511. The molecule has 1 atom stereocenters.